The number of ketones is 2. The number of aromatic hydroxyl groups is 1. The first-order valence-corrected chi connectivity index (χ1v) is 13.4. The van der Waals surface area contributed by atoms with E-state index in [0.717, 1.165) is 10.5 Å². The van der Waals surface area contributed by atoms with Crippen molar-refractivity contribution in [1.29, 1.82) is 0 Å². The third-order valence-corrected chi connectivity index (χ3v) is 8.93. The van der Waals surface area contributed by atoms with Gasteiger partial charge in [-0.15, -0.1) is 0 Å². The van der Waals surface area contributed by atoms with Gasteiger partial charge in [0.1, 0.15) is 5.75 Å². The van der Waals surface area contributed by atoms with Crippen molar-refractivity contribution in [1.82, 2.24) is 0 Å². The molecule has 0 aromatic heterocycles. The van der Waals surface area contributed by atoms with Crippen LogP contribution in [0, 0.1) is 24.7 Å². The highest BCUT2D eigenvalue weighted by Gasteiger charge is 2.57. The van der Waals surface area contributed by atoms with Gasteiger partial charge in [-0.05, 0) is 64.8 Å². The first kappa shape index (κ1) is 25.7. The molecule has 4 unspecified atom stereocenters. The van der Waals surface area contributed by atoms with Gasteiger partial charge in [-0.25, -0.2) is 0 Å². The maximum absolute atomic E-state index is 13.9. The van der Waals surface area contributed by atoms with Crippen molar-refractivity contribution in [2.24, 2.45) is 17.8 Å². The Hall–Kier alpha value is -3.60. The van der Waals surface area contributed by atoms with Crippen LogP contribution in [-0.2, 0) is 19.2 Å². The number of carbonyl (C=O) groups is 4. The summed E-state index contributed by atoms with van der Waals surface area (Å²) in [4.78, 5) is 55.2. The fraction of sp³-hybridized carbons (Fsp3) is 0.241. The molecule has 0 radical (unpaired) electrons. The minimum Gasteiger partial charge on any atom is -0.507 e. The molecule has 1 saturated heterocycles. The molecule has 2 aromatic carbocycles. The zero-order valence-corrected chi connectivity index (χ0v) is 22.4. The van der Waals surface area contributed by atoms with Gasteiger partial charge in [0.15, 0.2) is 11.6 Å². The second-order valence-electron chi connectivity index (χ2n) is 10.4. The average Bonchev–Trinajstić information content (AvgIpc) is 3.17. The number of rotatable bonds is 3. The maximum Gasteiger partial charge on any atom is 0.488 e. The predicted molar refractivity (Wildman–Crippen MR) is 146 cm³/mol. The van der Waals surface area contributed by atoms with Gasteiger partial charge in [-0.1, -0.05) is 42.0 Å². The topological polar surface area (TPSA) is 132 Å². The molecule has 3 N–H and O–H groups in total. The lowest BCUT2D eigenvalue weighted by Crippen LogP contribution is -2.39. The Morgan fingerprint density at radius 1 is 1.00 bits per heavy atom. The number of imide groups is 1. The summed E-state index contributed by atoms with van der Waals surface area (Å²) in [5, 5.41) is 30.2. The van der Waals surface area contributed by atoms with Crippen molar-refractivity contribution in [3.63, 3.8) is 0 Å². The lowest BCUT2D eigenvalue weighted by Gasteiger charge is -2.42. The van der Waals surface area contributed by atoms with E-state index in [2.05, 4.69) is 15.9 Å². The molecular formula is C29H23BBrNO7. The molecule has 0 spiro atoms. The summed E-state index contributed by atoms with van der Waals surface area (Å²) < 4.78 is 0.132. The van der Waals surface area contributed by atoms with Gasteiger partial charge in [0.25, 0.3) is 0 Å². The van der Waals surface area contributed by atoms with Crippen LogP contribution in [0.25, 0.3) is 0 Å². The van der Waals surface area contributed by atoms with Crippen LogP contribution in [-0.4, -0.2) is 45.7 Å². The fourth-order valence-corrected chi connectivity index (χ4v) is 7.00. The molecule has 8 nitrogen and oxygen atoms in total. The van der Waals surface area contributed by atoms with E-state index in [4.69, 9.17) is 0 Å². The van der Waals surface area contributed by atoms with Crippen LogP contribution < -0.4 is 10.4 Å². The van der Waals surface area contributed by atoms with Crippen molar-refractivity contribution in [3.8, 4) is 5.75 Å². The summed E-state index contributed by atoms with van der Waals surface area (Å²) in [5.41, 5.74) is 2.79. The largest absolute Gasteiger partial charge is 0.507 e. The first-order chi connectivity index (χ1) is 18.6. The summed E-state index contributed by atoms with van der Waals surface area (Å²) in [6.07, 6.45) is 3.51. The lowest BCUT2D eigenvalue weighted by atomic mass is 9.59. The number of phenolic OH excluding ortho intramolecular Hbond substituents is 1. The van der Waals surface area contributed by atoms with Crippen LogP contribution in [0.4, 0.5) is 5.69 Å². The smallest absolute Gasteiger partial charge is 0.488 e. The number of anilines is 1. The van der Waals surface area contributed by atoms with Crippen molar-refractivity contribution in [2.45, 2.75) is 25.7 Å². The highest BCUT2D eigenvalue weighted by atomic mass is 79.9. The van der Waals surface area contributed by atoms with E-state index in [0.29, 0.717) is 16.7 Å². The lowest BCUT2D eigenvalue weighted by molar-refractivity contribution is -0.123. The summed E-state index contributed by atoms with van der Waals surface area (Å²) >= 11 is 3.21. The van der Waals surface area contributed by atoms with E-state index < -0.39 is 42.6 Å². The number of nitrogens with zero attached hydrogens (tertiary/aromatic N) is 1. The number of Topliss-reactive ketones (excluding diaryl/α,β-unsaturated/α-hetero) is 1. The molecule has 1 heterocycles. The van der Waals surface area contributed by atoms with Gasteiger partial charge in [-0.3, -0.25) is 24.1 Å². The molecule has 1 fully saturated rings. The van der Waals surface area contributed by atoms with Gasteiger partial charge in [0.05, 0.1) is 22.0 Å². The first-order valence-electron chi connectivity index (χ1n) is 12.6. The van der Waals surface area contributed by atoms with Gasteiger partial charge in [0.2, 0.25) is 11.8 Å². The predicted octanol–water partition coefficient (Wildman–Crippen LogP) is 2.35. The van der Waals surface area contributed by atoms with E-state index >= 15 is 0 Å². The molecule has 6 rings (SSSR count). The Morgan fingerprint density at radius 3 is 2.49 bits per heavy atom. The molecular weight excluding hydrogens is 565 g/mol. The number of halogens is 1. The van der Waals surface area contributed by atoms with Gasteiger partial charge < -0.3 is 15.2 Å². The molecule has 3 aliphatic carbocycles. The van der Waals surface area contributed by atoms with E-state index in [1.807, 2.05) is 6.08 Å². The van der Waals surface area contributed by atoms with Gasteiger partial charge in [0, 0.05) is 28.7 Å². The van der Waals surface area contributed by atoms with E-state index in [1.54, 1.807) is 37.3 Å². The van der Waals surface area contributed by atoms with E-state index in [1.165, 1.54) is 18.2 Å². The van der Waals surface area contributed by atoms with Crippen molar-refractivity contribution in [3.05, 3.63) is 86.9 Å². The number of allylic oxidation sites excluding steroid dienone is 6. The standard InChI is InChI=1S/C29H23BBrNO7/c1-13-4-2-7-17(26(13)34)23-16-8-9-18-24(19(16)11-20-25(23)22(33)12-21(31)27(20)35)29(37)32(28(18)36)15-6-3-5-14(10-15)30(38)39/h2-8,10,12,18-19,23-24,34,38-39H,9,11H2,1H3. The highest BCUT2D eigenvalue weighted by Crippen LogP contribution is 2.56. The normalized spacial score (nSPS) is 26.2. The van der Waals surface area contributed by atoms with Crippen LogP contribution >= 0.6 is 15.9 Å². The van der Waals surface area contributed by atoms with E-state index in [-0.39, 0.29) is 51.4 Å². The Morgan fingerprint density at radius 2 is 1.74 bits per heavy atom. The molecule has 196 valence electrons. The molecule has 4 aliphatic rings. The second-order valence-corrected chi connectivity index (χ2v) is 11.2. The van der Waals surface area contributed by atoms with Crippen LogP contribution in [0.5, 0.6) is 5.75 Å². The Balaban J connectivity index is 1.49. The Kier molecular flexibility index (Phi) is 6.09. The Bertz CT molecular complexity index is 1590. The highest BCUT2D eigenvalue weighted by molar-refractivity contribution is 9.12. The van der Waals surface area contributed by atoms with Crippen LogP contribution in [0.2, 0.25) is 0 Å². The van der Waals surface area contributed by atoms with Gasteiger partial charge in [-0.2, -0.15) is 0 Å². The number of amides is 2. The number of hydrogen-bond acceptors (Lipinski definition) is 7. The van der Waals surface area contributed by atoms with Crippen LogP contribution in [0.15, 0.2) is 75.8 Å². The van der Waals surface area contributed by atoms with Crippen molar-refractivity contribution in [2.75, 3.05) is 4.90 Å². The summed E-state index contributed by atoms with van der Waals surface area (Å²) in [5.74, 6) is -4.24. The maximum atomic E-state index is 13.9. The third-order valence-electron chi connectivity index (χ3n) is 8.34. The number of benzene rings is 2. The molecule has 1 aliphatic heterocycles. The van der Waals surface area contributed by atoms with Crippen molar-refractivity contribution >= 4 is 57.6 Å². The third kappa shape index (κ3) is 3.81. The zero-order valence-electron chi connectivity index (χ0n) is 20.8. The van der Waals surface area contributed by atoms with Gasteiger partial charge >= 0.3 is 7.12 Å². The number of hydrogen-bond donors (Lipinski definition) is 3. The zero-order chi connectivity index (χ0) is 27.7. The number of phenols is 1. The number of fused-ring (bicyclic) bond motifs is 3. The number of carbonyl (C=O) groups excluding carboxylic acids is 4. The summed E-state index contributed by atoms with van der Waals surface area (Å²) in [6, 6.07) is 11.2. The molecule has 4 atom stereocenters. The number of para-hydroxylation sites is 1. The molecule has 39 heavy (non-hydrogen) atoms. The molecule has 0 bridgehead atoms. The Labute approximate surface area is 232 Å². The van der Waals surface area contributed by atoms with Crippen LogP contribution in [0.3, 0.4) is 0 Å². The van der Waals surface area contributed by atoms with Crippen LogP contribution in [0.1, 0.15) is 29.9 Å². The fourth-order valence-electron chi connectivity index (χ4n) is 6.56. The molecule has 10 heteroatoms. The monoisotopic (exact) mass is 587 g/mol. The minimum atomic E-state index is -1.76. The van der Waals surface area contributed by atoms with E-state index in [9.17, 15) is 34.3 Å². The molecule has 0 saturated carbocycles. The summed E-state index contributed by atoms with van der Waals surface area (Å²) in [6.45, 7) is 1.75. The molecule has 2 amide bonds. The molecule has 2 aromatic rings. The second kappa shape index (κ2) is 9.26. The minimum absolute atomic E-state index is 0.0155. The quantitative estimate of drug-likeness (QED) is 0.217. The summed E-state index contributed by atoms with van der Waals surface area (Å²) in [7, 11) is -1.76. The SMILES string of the molecule is Cc1cccc(C2C3=CCC4C(=O)N(c5cccc(B(O)O)c5)C(=O)C4C3CC3=C2C(=O)C=C(Br)C3=O)c1O. The number of aryl methyl sites for hydroxylation is 1. The average molecular weight is 588 g/mol. The van der Waals surface area contributed by atoms with Crippen molar-refractivity contribution < 1.29 is 34.3 Å².